The molecular formula is C20H20O3. The first-order valence-corrected chi connectivity index (χ1v) is 8.25. The van der Waals surface area contributed by atoms with Gasteiger partial charge in [0.2, 0.25) is 0 Å². The second-order valence-corrected chi connectivity index (χ2v) is 6.39. The van der Waals surface area contributed by atoms with Crippen molar-refractivity contribution in [3.8, 4) is 11.1 Å². The summed E-state index contributed by atoms with van der Waals surface area (Å²) in [7, 11) is 0. The van der Waals surface area contributed by atoms with Crippen LogP contribution in [0.1, 0.15) is 36.3 Å². The van der Waals surface area contributed by atoms with Crippen LogP contribution in [0.25, 0.3) is 11.1 Å². The van der Waals surface area contributed by atoms with Crippen LogP contribution in [0.15, 0.2) is 48.5 Å². The molecule has 2 aromatic rings. The normalized spacial score (nSPS) is 27.7. The monoisotopic (exact) mass is 308 g/mol. The fourth-order valence-electron chi connectivity index (χ4n) is 4.41. The van der Waals surface area contributed by atoms with Crippen LogP contribution < -0.4 is 0 Å². The first kappa shape index (κ1) is 14.5. The van der Waals surface area contributed by atoms with E-state index in [-0.39, 0.29) is 17.8 Å². The van der Waals surface area contributed by atoms with Gasteiger partial charge in [0.25, 0.3) is 0 Å². The first-order chi connectivity index (χ1) is 11.2. The van der Waals surface area contributed by atoms with Crippen LogP contribution >= 0.6 is 0 Å². The topological polar surface area (TPSA) is 46.5 Å². The van der Waals surface area contributed by atoms with Crippen molar-refractivity contribution < 1.29 is 14.6 Å². The van der Waals surface area contributed by atoms with E-state index in [1.54, 1.807) is 6.92 Å². The van der Waals surface area contributed by atoms with Crippen molar-refractivity contribution in [2.24, 2.45) is 5.92 Å². The summed E-state index contributed by atoms with van der Waals surface area (Å²) in [5.41, 5.74) is 4.79. The zero-order chi connectivity index (χ0) is 16.0. The van der Waals surface area contributed by atoms with Crippen LogP contribution in [0, 0.1) is 5.92 Å². The second kappa shape index (κ2) is 5.50. The maximum Gasteiger partial charge on any atom is 0.312 e. The van der Waals surface area contributed by atoms with Crippen LogP contribution in [-0.2, 0) is 9.53 Å². The molecule has 2 aliphatic carbocycles. The second-order valence-electron chi connectivity index (χ2n) is 6.39. The number of carbonyl (C=O) groups excluding carboxylic acids is 1. The molecule has 3 nitrogen and oxygen atoms in total. The zero-order valence-corrected chi connectivity index (χ0v) is 13.1. The molecule has 0 bridgehead atoms. The van der Waals surface area contributed by atoms with Gasteiger partial charge in [-0.05, 0) is 41.5 Å². The van der Waals surface area contributed by atoms with E-state index in [4.69, 9.17) is 4.74 Å². The van der Waals surface area contributed by atoms with Crippen molar-refractivity contribution in [1.82, 2.24) is 0 Å². The zero-order valence-electron chi connectivity index (χ0n) is 13.1. The SMILES string of the molecule is CCOC(=O)[C@H]1[C@H]2c3ccccc3-c3ccccc3[C@@H]2C[C@H]1O. The molecule has 23 heavy (non-hydrogen) atoms. The highest BCUT2D eigenvalue weighted by atomic mass is 16.5. The van der Waals surface area contributed by atoms with Gasteiger partial charge >= 0.3 is 5.97 Å². The highest BCUT2D eigenvalue weighted by Crippen LogP contribution is 2.57. The molecule has 0 amide bonds. The Hall–Kier alpha value is -2.13. The Balaban J connectivity index is 1.89. The lowest BCUT2D eigenvalue weighted by Crippen LogP contribution is -2.30. The van der Waals surface area contributed by atoms with Crippen LogP contribution in [-0.4, -0.2) is 23.8 Å². The number of carbonyl (C=O) groups is 1. The Morgan fingerprint density at radius 3 is 2.39 bits per heavy atom. The lowest BCUT2D eigenvalue weighted by molar-refractivity contribution is -0.151. The molecule has 0 spiro atoms. The van der Waals surface area contributed by atoms with Crippen molar-refractivity contribution >= 4 is 5.97 Å². The standard InChI is InChI=1S/C20H20O3/c1-2-23-20(22)19-17(21)11-16-14-9-4-3-7-12(14)13-8-5-6-10-15(13)18(16)19/h3-10,16-19,21H,2,11H2,1H3/t16-,17+,18-,19+/m0/s1. The fraction of sp³-hybridized carbons (Fsp3) is 0.350. The Morgan fingerprint density at radius 1 is 1.09 bits per heavy atom. The number of benzene rings is 2. The number of rotatable bonds is 2. The van der Waals surface area contributed by atoms with Crippen LogP contribution in [0.3, 0.4) is 0 Å². The number of esters is 1. The van der Waals surface area contributed by atoms with Crippen LogP contribution in [0.2, 0.25) is 0 Å². The molecule has 2 aromatic carbocycles. The predicted molar refractivity (Wildman–Crippen MR) is 88.1 cm³/mol. The van der Waals surface area contributed by atoms with Crippen molar-refractivity contribution in [1.29, 1.82) is 0 Å². The average molecular weight is 308 g/mol. The summed E-state index contributed by atoms with van der Waals surface area (Å²) in [5.74, 6) is -0.586. The summed E-state index contributed by atoms with van der Waals surface area (Å²) in [6, 6.07) is 16.6. The summed E-state index contributed by atoms with van der Waals surface area (Å²) in [6.07, 6.45) is -0.0391. The molecule has 1 N–H and O–H groups in total. The summed E-state index contributed by atoms with van der Waals surface area (Å²) in [6.45, 7) is 2.15. The van der Waals surface area contributed by atoms with Crippen LogP contribution in [0.4, 0.5) is 0 Å². The van der Waals surface area contributed by atoms with Crippen LogP contribution in [0.5, 0.6) is 0 Å². The number of fused-ring (bicyclic) bond motifs is 6. The van der Waals surface area contributed by atoms with E-state index in [9.17, 15) is 9.90 Å². The van der Waals surface area contributed by atoms with E-state index >= 15 is 0 Å². The quantitative estimate of drug-likeness (QED) is 0.864. The highest BCUT2D eigenvalue weighted by molar-refractivity contribution is 5.81. The predicted octanol–water partition coefficient (Wildman–Crippen LogP) is 3.48. The van der Waals surface area contributed by atoms with Gasteiger partial charge < -0.3 is 9.84 Å². The molecule has 1 fully saturated rings. The number of aliphatic hydroxyl groups is 1. The van der Waals surface area contributed by atoms with Gasteiger partial charge in [0.1, 0.15) is 0 Å². The molecule has 1 saturated carbocycles. The molecular weight excluding hydrogens is 288 g/mol. The number of hydrogen-bond donors (Lipinski definition) is 1. The van der Waals surface area contributed by atoms with Gasteiger partial charge in [-0.25, -0.2) is 0 Å². The maximum absolute atomic E-state index is 12.5. The van der Waals surface area contributed by atoms with E-state index < -0.39 is 12.0 Å². The van der Waals surface area contributed by atoms with E-state index in [1.807, 2.05) is 24.3 Å². The lowest BCUT2D eigenvalue weighted by atomic mass is 9.71. The molecule has 4 atom stereocenters. The average Bonchev–Trinajstić information content (AvgIpc) is 2.93. The van der Waals surface area contributed by atoms with E-state index in [2.05, 4.69) is 24.3 Å². The fourth-order valence-corrected chi connectivity index (χ4v) is 4.41. The van der Waals surface area contributed by atoms with Gasteiger partial charge in [0.15, 0.2) is 0 Å². The highest BCUT2D eigenvalue weighted by Gasteiger charge is 2.51. The summed E-state index contributed by atoms with van der Waals surface area (Å²) < 4.78 is 5.25. The molecule has 3 heteroatoms. The largest absolute Gasteiger partial charge is 0.466 e. The van der Waals surface area contributed by atoms with E-state index in [1.165, 1.54) is 16.7 Å². The summed E-state index contributed by atoms with van der Waals surface area (Å²) in [4.78, 5) is 12.5. The number of ether oxygens (including phenoxy) is 1. The molecule has 0 unspecified atom stereocenters. The van der Waals surface area contributed by atoms with Crippen molar-refractivity contribution in [2.45, 2.75) is 31.3 Å². The maximum atomic E-state index is 12.5. The smallest absolute Gasteiger partial charge is 0.312 e. The Kier molecular flexibility index (Phi) is 3.46. The van der Waals surface area contributed by atoms with E-state index in [0.29, 0.717) is 13.0 Å². The van der Waals surface area contributed by atoms with Gasteiger partial charge in [-0.3, -0.25) is 4.79 Å². The minimum Gasteiger partial charge on any atom is -0.466 e. The van der Waals surface area contributed by atoms with Gasteiger partial charge in [-0.15, -0.1) is 0 Å². The Labute approximate surface area is 135 Å². The number of aliphatic hydroxyl groups excluding tert-OH is 1. The molecule has 2 aliphatic rings. The van der Waals surface area contributed by atoms with Gasteiger partial charge in [0.05, 0.1) is 18.6 Å². The lowest BCUT2D eigenvalue weighted by Gasteiger charge is -2.33. The summed E-state index contributed by atoms with van der Waals surface area (Å²) >= 11 is 0. The molecule has 118 valence electrons. The molecule has 0 heterocycles. The summed E-state index contributed by atoms with van der Waals surface area (Å²) in [5, 5.41) is 10.6. The van der Waals surface area contributed by atoms with Crippen molar-refractivity contribution in [3.05, 3.63) is 59.7 Å². The Bertz CT molecular complexity index is 752. The minimum absolute atomic E-state index is 0.00449. The molecule has 0 aliphatic heterocycles. The first-order valence-electron chi connectivity index (χ1n) is 8.25. The van der Waals surface area contributed by atoms with E-state index in [0.717, 1.165) is 5.56 Å². The third-order valence-electron chi connectivity index (χ3n) is 5.26. The molecule has 0 aromatic heterocycles. The van der Waals surface area contributed by atoms with Crippen molar-refractivity contribution in [3.63, 3.8) is 0 Å². The molecule has 4 rings (SSSR count). The molecule has 0 saturated heterocycles. The molecule has 0 radical (unpaired) electrons. The number of hydrogen-bond acceptors (Lipinski definition) is 3. The van der Waals surface area contributed by atoms with Gasteiger partial charge in [0, 0.05) is 5.92 Å². The van der Waals surface area contributed by atoms with Gasteiger partial charge in [-0.1, -0.05) is 48.5 Å². The minimum atomic E-state index is -0.650. The van der Waals surface area contributed by atoms with Gasteiger partial charge in [-0.2, -0.15) is 0 Å². The Morgan fingerprint density at radius 2 is 1.70 bits per heavy atom. The third-order valence-corrected chi connectivity index (χ3v) is 5.26. The third kappa shape index (κ3) is 2.11. The van der Waals surface area contributed by atoms with Crippen molar-refractivity contribution in [2.75, 3.05) is 6.61 Å².